The molecule has 0 amide bonds. The van der Waals surface area contributed by atoms with E-state index in [-0.39, 0.29) is 0 Å². The predicted molar refractivity (Wildman–Crippen MR) is 123 cm³/mol. The Morgan fingerprint density at radius 1 is 0.633 bits per heavy atom. The van der Waals surface area contributed by atoms with Gasteiger partial charge in [0.2, 0.25) is 0 Å². The van der Waals surface area contributed by atoms with Crippen molar-refractivity contribution in [2.45, 2.75) is 0 Å². The fraction of sp³-hybridized carbons (Fsp3) is 0. The summed E-state index contributed by atoms with van der Waals surface area (Å²) in [5, 5.41) is 2.46. The molecule has 0 spiro atoms. The van der Waals surface area contributed by atoms with E-state index >= 15 is 0 Å². The van der Waals surface area contributed by atoms with E-state index in [4.69, 9.17) is 4.74 Å². The van der Waals surface area contributed by atoms with Gasteiger partial charge in [-0.25, -0.2) is 0 Å². The van der Waals surface area contributed by atoms with Gasteiger partial charge < -0.3 is 9.30 Å². The Bertz CT molecular complexity index is 1300. The van der Waals surface area contributed by atoms with Gasteiger partial charge in [-0.15, -0.1) is 0 Å². The molecule has 1 heterocycles. The van der Waals surface area contributed by atoms with Gasteiger partial charge in [-0.1, -0.05) is 48.5 Å². The number of benzene rings is 4. The Balaban J connectivity index is 1.35. The van der Waals surface area contributed by atoms with Gasteiger partial charge in [0.05, 0.1) is 17.6 Å². The third-order valence-corrected chi connectivity index (χ3v) is 4.95. The van der Waals surface area contributed by atoms with Crippen molar-refractivity contribution in [2.24, 2.45) is 4.99 Å². The molecule has 0 aliphatic rings. The largest absolute Gasteiger partial charge is 0.457 e. The molecule has 0 bridgehead atoms. The van der Waals surface area contributed by atoms with Crippen LogP contribution in [0.3, 0.4) is 0 Å². The Hall–Kier alpha value is -4.11. The normalized spacial score (nSPS) is 11.2. The van der Waals surface area contributed by atoms with Crippen molar-refractivity contribution >= 4 is 22.7 Å². The first-order valence-electron chi connectivity index (χ1n) is 9.89. The number of fused-ring (bicyclic) bond motifs is 1. The van der Waals surface area contributed by atoms with Gasteiger partial charge >= 0.3 is 0 Å². The van der Waals surface area contributed by atoms with E-state index in [1.54, 1.807) is 0 Å². The van der Waals surface area contributed by atoms with Crippen molar-refractivity contribution in [2.75, 3.05) is 0 Å². The maximum Gasteiger partial charge on any atom is 0.127 e. The van der Waals surface area contributed by atoms with Crippen LogP contribution in [0.4, 0.5) is 5.69 Å². The van der Waals surface area contributed by atoms with E-state index in [0.717, 1.165) is 28.6 Å². The molecule has 0 saturated carbocycles. The second-order valence-corrected chi connectivity index (χ2v) is 7.00. The molecular formula is C27H20N2O. The van der Waals surface area contributed by atoms with Crippen molar-refractivity contribution in [3.63, 3.8) is 0 Å². The summed E-state index contributed by atoms with van der Waals surface area (Å²) in [6.45, 7) is 0. The predicted octanol–water partition coefficient (Wildman–Crippen LogP) is 7.17. The van der Waals surface area contributed by atoms with Crippen LogP contribution in [0.5, 0.6) is 11.5 Å². The molecule has 1 aromatic heterocycles. The lowest BCUT2D eigenvalue weighted by molar-refractivity contribution is 0.483. The molecule has 5 aromatic rings. The Morgan fingerprint density at radius 2 is 1.37 bits per heavy atom. The van der Waals surface area contributed by atoms with Gasteiger partial charge in [-0.05, 0) is 71.4 Å². The number of aromatic nitrogens is 1. The van der Waals surface area contributed by atoms with Crippen LogP contribution in [-0.2, 0) is 0 Å². The van der Waals surface area contributed by atoms with Crippen LogP contribution in [-0.4, -0.2) is 10.8 Å². The van der Waals surface area contributed by atoms with Crippen LogP contribution in [0.2, 0.25) is 0 Å². The third-order valence-electron chi connectivity index (χ3n) is 4.95. The van der Waals surface area contributed by atoms with E-state index in [1.165, 1.54) is 10.8 Å². The lowest BCUT2D eigenvalue weighted by Crippen LogP contribution is -1.97. The number of rotatable bonds is 5. The Labute approximate surface area is 175 Å². The van der Waals surface area contributed by atoms with E-state index in [9.17, 15) is 0 Å². The summed E-state index contributed by atoms with van der Waals surface area (Å²) in [6.07, 6.45) is 3.95. The molecule has 0 radical (unpaired) electrons. The van der Waals surface area contributed by atoms with Crippen molar-refractivity contribution in [3.05, 3.63) is 121 Å². The second-order valence-electron chi connectivity index (χ2n) is 7.00. The highest BCUT2D eigenvalue weighted by Crippen LogP contribution is 2.24. The molecule has 30 heavy (non-hydrogen) atoms. The number of hydrogen-bond acceptors (Lipinski definition) is 2. The molecule has 144 valence electrons. The highest BCUT2D eigenvalue weighted by molar-refractivity contribution is 5.86. The van der Waals surface area contributed by atoms with Crippen LogP contribution >= 0.6 is 0 Å². The van der Waals surface area contributed by atoms with Crippen molar-refractivity contribution in [1.82, 2.24) is 4.57 Å². The number of para-hydroxylation sites is 1. The first-order chi connectivity index (χ1) is 14.8. The van der Waals surface area contributed by atoms with Crippen LogP contribution in [0.15, 0.2) is 120 Å². The first-order valence-corrected chi connectivity index (χ1v) is 9.89. The average molecular weight is 388 g/mol. The van der Waals surface area contributed by atoms with Gasteiger partial charge in [0, 0.05) is 11.9 Å². The minimum absolute atomic E-state index is 0.791. The quantitative estimate of drug-likeness (QED) is 0.293. The van der Waals surface area contributed by atoms with E-state index in [0.29, 0.717) is 0 Å². The van der Waals surface area contributed by atoms with E-state index < -0.39 is 0 Å². The zero-order valence-corrected chi connectivity index (χ0v) is 16.3. The first kappa shape index (κ1) is 18.0. The summed E-state index contributed by atoms with van der Waals surface area (Å²) in [6, 6.07) is 36.5. The molecule has 0 aliphatic carbocycles. The van der Waals surface area contributed by atoms with Gasteiger partial charge in [-0.3, -0.25) is 4.99 Å². The van der Waals surface area contributed by atoms with Crippen LogP contribution in [0.1, 0.15) is 5.69 Å². The SMILES string of the molecule is C(=Nc1ccc(Oc2ccccc2)cc1)c1cccn1-c1ccc2ccccc2c1. The molecule has 3 nitrogen and oxygen atoms in total. The lowest BCUT2D eigenvalue weighted by atomic mass is 10.1. The van der Waals surface area contributed by atoms with Crippen LogP contribution in [0.25, 0.3) is 16.5 Å². The maximum absolute atomic E-state index is 5.84. The van der Waals surface area contributed by atoms with Crippen LogP contribution in [0, 0.1) is 0 Å². The van der Waals surface area contributed by atoms with Gasteiger partial charge in [-0.2, -0.15) is 0 Å². The summed E-state index contributed by atoms with van der Waals surface area (Å²) in [5.74, 6) is 1.61. The molecule has 5 rings (SSSR count). The zero-order valence-electron chi connectivity index (χ0n) is 16.3. The molecule has 0 atom stereocenters. The molecule has 0 saturated heterocycles. The fourth-order valence-electron chi connectivity index (χ4n) is 3.43. The summed E-state index contributed by atoms with van der Waals surface area (Å²) in [5.41, 5.74) is 3.02. The van der Waals surface area contributed by atoms with Crippen molar-refractivity contribution in [3.8, 4) is 17.2 Å². The van der Waals surface area contributed by atoms with Gasteiger partial charge in [0.15, 0.2) is 0 Å². The third kappa shape index (κ3) is 3.87. The molecular weight excluding hydrogens is 368 g/mol. The Morgan fingerprint density at radius 3 is 2.20 bits per heavy atom. The van der Waals surface area contributed by atoms with Crippen LogP contribution < -0.4 is 4.74 Å². The monoisotopic (exact) mass is 388 g/mol. The summed E-state index contributed by atoms with van der Waals surface area (Å²) in [7, 11) is 0. The zero-order chi connectivity index (χ0) is 20.2. The summed E-state index contributed by atoms with van der Waals surface area (Å²) < 4.78 is 7.98. The molecule has 0 N–H and O–H groups in total. The lowest BCUT2D eigenvalue weighted by Gasteiger charge is -2.08. The molecule has 0 fully saturated rings. The summed E-state index contributed by atoms with van der Waals surface area (Å²) >= 11 is 0. The standard InChI is InChI=1S/C27H20N2O/c1-2-10-26(11-3-1)30-27-16-13-23(14-17-27)28-20-25-9-6-18-29(25)24-15-12-21-7-4-5-8-22(21)19-24/h1-20H. The molecule has 3 heteroatoms. The van der Waals surface area contributed by atoms with E-state index in [1.807, 2.05) is 66.9 Å². The summed E-state index contributed by atoms with van der Waals surface area (Å²) in [4.78, 5) is 4.64. The van der Waals surface area contributed by atoms with Crippen molar-refractivity contribution < 1.29 is 4.74 Å². The topological polar surface area (TPSA) is 26.5 Å². The molecule has 4 aromatic carbocycles. The number of nitrogens with zero attached hydrogens (tertiary/aromatic N) is 2. The number of ether oxygens (including phenoxy) is 1. The second kappa shape index (κ2) is 8.10. The Kier molecular flexibility index (Phi) is 4.84. The number of hydrogen-bond donors (Lipinski definition) is 0. The minimum Gasteiger partial charge on any atom is -0.457 e. The fourth-order valence-corrected chi connectivity index (χ4v) is 3.43. The smallest absolute Gasteiger partial charge is 0.127 e. The number of aliphatic imine (C=N–C) groups is 1. The average Bonchev–Trinajstić information content (AvgIpc) is 3.28. The van der Waals surface area contributed by atoms with E-state index in [2.05, 4.69) is 64.3 Å². The molecule has 0 aliphatic heterocycles. The highest BCUT2D eigenvalue weighted by atomic mass is 16.5. The highest BCUT2D eigenvalue weighted by Gasteiger charge is 2.03. The van der Waals surface area contributed by atoms with Crippen molar-refractivity contribution in [1.29, 1.82) is 0 Å². The van der Waals surface area contributed by atoms with Gasteiger partial charge in [0.25, 0.3) is 0 Å². The minimum atomic E-state index is 0.791. The molecule has 0 unspecified atom stereocenters. The van der Waals surface area contributed by atoms with Gasteiger partial charge in [0.1, 0.15) is 11.5 Å². The maximum atomic E-state index is 5.84.